The second-order valence-electron chi connectivity index (χ2n) is 6.84. The largest absolute Gasteiger partial charge is 0.443 e. The molecule has 2 heterocycles. The van der Waals surface area contributed by atoms with Gasteiger partial charge in [-0.2, -0.15) is 0 Å². The highest BCUT2D eigenvalue weighted by Crippen LogP contribution is 2.37. The van der Waals surface area contributed by atoms with Gasteiger partial charge in [0.25, 0.3) is 11.5 Å². The number of carbonyl (C=O) groups is 1. The summed E-state index contributed by atoms with van der Waals surface area (Å²) >= 11 is 0. The van der Waals surface area contributed by atoms with E-state index in [0.717, 1.165) is 18.6 Å². The highest BCUT2D eigenvalue weighted by Gasteiger charge is 2.27. The zero-order chi connectivity index (χ0) is 16.6. The number of aromatic nitrogens is 3. The third-order valence-corrected chi connectivity index (χ3v) is 3.65. The number of nitrogens with zero attached hydrogens (tertiary/aromatic N) is 2. The molecule has 2 aromatic heterocycles. The third-order valence-electron chi connectivity index (χ3n) is 3.65. The molecule has 0 spiro atoms. The lowest BCUT2D eigenvalue weighted by molar-refractivity contribution is 0.0941. The Hall–Kier alpha value is -2.44. The number of aromatic amines is 1. The van der Waals surface area contributed by atoms with E-state index < -0.39 is 5.91 Å². The van der Waals surface area contributed by atoms with Crippen LogP contribution in [0.15, 0.2) is 21.5 Å². The van der Waals surface area contributed by atoms with E-state index >= 15 is 0 Å². The number of hydrogen-bond donors (Lipinski definition) is 2. The summed E-state index contributed by atoms with van der Waals surface area (Å²) in [5.41, 5.74) is -0.320. The zero-order valence-electron chi connectivity index (χ0n) is 13.5. The predicted molar refractivity (Wildman–Crippen MR) is 83.2 cm³/mol. The Balaban J connectivity index is 1.68. The summed E-state index contributed by atoms with van der Waals surface area (Å²) in [6.45, 7) is 6.22. The van der Waals surface area contributed by atoms with Crippen LogP contribution in [-0.4, -0.2) is 20.9 Å². The van der Waals surface area contributed by atoms with Gasteiger partial charge < -0.3 is 14.7 Å². The normalized spacial score (nSPS) is 14.7. The quantitative estimate of drug-likeness (QED) is 0.896. The molecule has 0 bridgehead atoms. The van der Waals surface area contributed by atoms with Gasteiger partial charge in [-0.05, 0) is 12.8 Å². The Morgan fingerprint density at radius 1 is 1.43 bits per heavy atom. The van der Waals surface area contributed by atoms with Crippen molar-refractivity contribution in [3.8, 4) is 0 Å². The Bertz CT molecular complexity index is 781. The van der Waals surface area contributed by atoms with Gasteiger partial charge in [0.05, 0.1) is 12.7 Å². The first-order chi connectivity index (χ1) is 10.8. The number of oxazole rings is 1. The Morgan fingerprint density at radius 3 is 2.78 bits per heavy atom. The van der Waals surface area contributed by atoms with Crippen molar-refractivity contribution in [3.05, 3.63) is 45.8 Å². The first kappa shape index (κ1) is 15.5. The van der Waals surface area contributed by atoms with Gasteiger partial charge in [0.1, 0.15) is 17.3 Å². The Morgan fingerprint density at radius 2 is 2.17 bits per heavy atom. The second kappa shape index (κ2) is 5.64. The summed E-state index contributed by atoms with van der Waals surface area (Å²) < 4.78 is 5.62. The number of nitrogens with one attached hydrogen (secondary N) is 2. The van der Waals surface area contributed by atoms with E-state index in [0.29, 0.717) is 11.7 Å². The predicted octanol–water partition coefficient (Wildman–Crippen LogP) is 1.86. The van der Waals surface area contributed by atoms with Crippen molar-refractivity contribution < 1.29 is 9.21 Å². The van der Waals surface area contributed by atoms with Gasteiger partial charge in [-0.1, -0.05) is 20.8 Å². The van der Waals surface area contributed by atoms with Gasteiger partial charge in [-0.15, -0.1) is 0 Å². The van der Waals surface area contributed by atoms with E-state index in [1.54, 1.807) is 6.20 Å². The van der Waals surface area contributed by atoms with E-state index in [1.807, 2.05) is 20.8 Å². The number of amides is 1. The molecule has 0 radical (unpaired) electrons. The molecule has 7 nitrogen and oxygen atoms in total. The molecule has 0 aromatic carbocycles. The molecular formula is C16H20N4O3. The maximum Gasteiger partial charge on any atom is 0.270 e. The zero-order valence-corrected chi connectivity index (χ0v) is 13.5. The minimum Gasteiger partial charge on any atom is -0.443 e. The molecule has 122 valence electrons. The van der Waals surface area contributed by atoms with E-state index in [1.165, 1.54) is 6.07 Å². The summed E-state index contributed by atoms with van der Waals surface area (Å²) in [5.74, 6) is 1.64. The van der Waals surface area contributed by atoms with E-state index in [9.17, 15) is 9.59 Å². The number of hydrogen-bond acceptors (Lipinski definition) is 5. The van der Waals surface area contributed by atoms with Gasteiger partial charge in [0.2, 0.25) is 5.89 Å². The van der Waals surface area contributed by atoms with E-state index in [4.69, 9.17) is 4.42 Å². The fourth-order valence-corrected chi connectivity index (χ4v) is 2.13. The van der Waals surface area contributed by atoms with Crippen molar-refractivity contribution in [2.75, 3.05) is 0 Å². The van der Waals surface area contributed by atoms with Crippen LogP contribution in [0.25, 0.3) is 0 Å². The topological polar surface area (TPSA) is 101 Å². The van der Waals surface area contributed by atoms with Crippen molar-refractivity contribution in [2.45, 2.75) is 51.5 Å². The van der Waals surface area contributed by atoms with Crippen LogP contribution < -0.4 is 10.9 Å². The summed E-state index contributed by atoms with van der Waals surface area (Å²) in [4.78, 5) is 34.9. The average Bonchev–Trinajstić information content (AvgIpc) is 3.21. The van der Waals surface area contributed by atoms with Crippen LogP contribution in [0, 0.1) is 0 Å². The lowest BCUT2D eigenvalue weighted by Crippen LogP contribution is -2.26. The van der Waals surface area contributed by atoms with Crippen LogP contribution >= 0.6 is 0 Å². The van der Waals surface area contributed by atoms with Crippen molar-refractivity contribution in [3.63, 3.8) is 0 Å². The SMILES string of the molecule is CC(C)(C)c1cnc(CNC(=O)c2cc(=O)[nH]c(C3CC3)n2)o1. The molecule has 3 rings (SSSR count). The molecule has 1 fully saturated rings. The standard InChI is InChI=1S/C16H20N4O3/c1-16(2,3)11-7-17-13(23-11)8-18-15(22)10-6-12(21)20-14(19-10)9-4-5-9/h6-7,9H,4-5,8H2,1-3H3,(H,18,22)(H,19,20,21). The van der Waals surface area contributed by atoms with Crippen LogP contribution in [0.2, 0.25) is 0 Å². The lowest BCUT2D eigenvalue weighted by Gasteiger charge is -2.13. The van der Waals surface area contributed by atoms with Crippen molar-refractivity contribution in [2.24, 2.45) is 0 Å². The molecule has 0 aliphatic heterocycles. The molecular weight excluding hydrogens is 296 g/mol. The molecule has 1 amide bonds. The minimum atomic E-state index is -0.409. The Labute approximate surface area is 133 Å². The third kappa shape index (κ3) is 3.67. The van der Waals surface area contributed by atoms with Crippen molar-refractivity contribution in [1.82, 2.24) is 20.3 Å². The molecule has 1 aliphatic carbocycles. The highest BCUT2D eigenvalue weighted by atomic mass is 16.4. The fourth-order valence-electron chi connectivity index (χ4n) is 2.13. The van der Waals surface area contributed by atoms with E-state index in [2.05, 4.69) is 20.3 Å². The van der Waals surface area contributed by atoms with Gasteiger partial charge >= 0.3 is 0 Å². The molecule has 0 saturated heterocycles. The summed E-state index contributed by atoms with van der Waals surface area (Å²) in [6, 6.07) is 1.21. The molecule has 1 aliphatic rings. The highest BCUT2D eigenvalue weighted by molar-refractivity contribution is 5.92. The molecule has 2 N–H and O–H groups in total. The van der Waals surface area contributed by atoms with Gasteiger partial charge in [0, 0.05) is 17.4 Å². The van der Waals surface area contributed by atoms with Crippen LogP contribution in [-0.2, 0) is 12.0 Å². The monoisotopic (exact) mass is 316 g/mol. The maximum absolute atomic E-state index is 12.2. The van der Waals surface area contributed by atoms with Crippen LogP contribution in [0.5, 0.6) is 0 Å². The fraction of sp³-hybridized carbons (Fsp3) is 0.500. The van der Waals surface area contributed by atoms with Gasteiger partial charge in [-0.3, -0.25) is 9.59 Å². The van der Waals surface area contributed by atoms with Crippen molar-refractivity contribution in [1.29, 1.82) is 0 Å². The molecule has 7 heteroatoms. The average molecular weight is 316 g/mol. The maximum atomic E-state index is 12.2. The molecule has 23 heavy (non-hydrogen) atoms. The van der Waals surface area contributed by atoms with Gasteiger partial charge in [-0.25, -0.2) is 9.97 Å². The first-order valence-corrected chi connectivity index (χ1v) is 7.67. The van der Waals surface area contributed by atoms with E-state index in [-0.39, 0.29) is 29.1 Å². The molecule has 2 aromatic rings. The number of H-pyrrole nitrogens is 1. The second-order valence-corrected chi connectivity index (χ2v) is 6.84. The molecule has 1 saturated carbocycles. The smallest absolute Gasteiger partial charge is 0.270 e. The van der Waals surface area contributed by atoms with Crippen LogP contribution in [0.3, 0.4) is 0 Å². The first-order valence-electron chi connectivity index (χ1n) is 7.67. The van der Waals surface area contributed by atoms with Crippen molar-refractivity contribution >= 4 is 5.91 Å². The summed E-state index contributed by atoms with van der Waals surface area (Å²) in [6.07, 6.45) is 3.66. The Kier molecular flexibility index (Phi) is 3.79. The lowest BCUT2D eigenvalue weighted by atomic mass is 9.94. The van der Waals surface area contributed by atoms with Crippen LogP contribution in [0.4, 0.5) is 0 Å². The number of carbonyl (C=O) groups excluding carboxylic acids is 1. The summed E-state index contributed by atoms with van der Waals surface area (Å²) in [7, 11) is 0. The van der Waals surface area contributed by atoms with Crippen LogP contribution in [0.1, 0.15) is 67.5 Å². The number of rotatable bonds is 4. The molecule has 0 atom stereocenters. The summed E-state index contributed by atoms with van der Waals surface area (Å²) in [5, 5.41) is 2.68. The molecule has 0 unspecified atom stereocenters. The minimum absolute atomic E-state index is 0.123. The van der Waals surface area contributed by atoms with Gasteiger partial charge in [0.15, 0.2) is 0 Å².